The topological polar surface area (TPSA) is 58.7 Å². The third kappa shape index (κ3) is 3.77. The van der Waals surface area contributed by atoms with Crippen LogP contribution < -0.4 is 4.90 Å². The van der Waals surface area contributed by atoms with Gasteiger partial charge in [0.05, 0.1) is 21.2 Å². The molecular formula is C21H21Cl2N3O2. The second kappa shape index (κ2) is 7.57. The maximum atomic E-state index is 11.0. The quantitative estimate of drug-likeness (QED) is 0.316. The van der Waals surface area contributed by atoms with Gasteiger partial charge in [-0.15, -0.1) is 0 Å². The fourth-order valence-electron chi connectivity index (χ4n) is 3.66. The van der Waals surface area contributed by atoms with E-state index >= 15 is 0 Å². The van der Waals surface area contributed by atoms with Crippen LogP contribution in [0.5, 0.6) is 0 Å². The average molecular weight is 418 g/mol. The lowest BCUT2D eigenvalue weighted by Gasteiger charge is -2.43. The van der Waals surface area contributed by atoms with Crippen LogP contribution in [0, 0.1) is 10.1 Å². The van der Waals surface area contributed by atoms with Crippen molar-refractivity contribution in [2.75, 3.05) is 11.4 Å². The molecule has 0 spiro atoms. The molecule has 0 fully saturated rings. The van der Waals surface area contributed by atoms with Crippen LogP contribution in [-0.4, -0.2) is 23.2 Å². The summed E-state index contributed by atoms with van der Waals surface area (Å²) < 4.78 is 0. The molecule has 0 radical (unpaired) electrons. The first-order valence-corrected chi connectivity index (χ1v) is 9.68. The normalized spacial score (nSPS) is 15.5. The van der Waals surface area contributed by atoms with E-state index in [-0.39, 0.29) is 16.2 Å². The van der Waals surface area contributed by atoms with Crippen LogP contribution in [0.3, 0.4) is 0 Å². The van der Waals surface area contributed by atoms with Crippen molar-refractivity contribution in [3.8, 4) is 0 Å². The fourth-order valence-corrected chi connectivity index (χ4v) is 4.05. The molecule has 0 unspecified atom stereocenters. The van der Waals surface area contributed by atoms with Crippen LogP contribution in [-0.2, 0) is 0 Å². The van der Waals surface area contributed by atoms with Crippen molar-refractivity contribution in [1.82, 2.24) is 0 Å². The van der Waals surface area contributed by atoms with E-state index in [1.807, 2.05) is 12.1 Å². The molecule has 28 heavy (non-hydrogen) atoms. The van der Waals surface area contributed by atoms with Crippen molar-refractivity contribution in [1.29, 1.82) is 0 Å². The number of hydrogen-bond donors (Lipinski definition) is 0. The fraction of sp³-hybridized carbons (Fsp3) is 0.286. The smallest absolute Gasteiger partial charge is 0.290 e. The first-order valence-electron chi connectivity index (χ1n) is 8.93. The number of nitro benzene ring substituents is 1. The predicted molar refractivity (Wildman–Crippen MR) is 118 cm³/mol. The molecule has 2 aromatic carbocycles. The second-order valence-electron chi connectivity index (χ2n) is 7.27. The number of nitro groups is 1. The molecule has 0 saturated carbocycles. The van der Waals surface area contributed by atoms with Gasteiger partial charge >= 0.3 is 0 Å². The Bertz CT molecular complexity index is 1010. The van der Waals surface area contributed by atoms with Crippen molar-refractivity contribution >= 4 is 52.1 Å². The number of nitrogens with zero attached hydrogens (tertiary/aromatic N) is 3. The molecule has 0 atom stereocenters. The summed E-state index contributed by atoms with van der Waals surface area (Å²) in [6.45, 7) is 9.43. The zero-order valence-corrected chi connectivity index (χ0v) is 17.7. The number of rotatable bonds is 4. The van der Waals surface area contributed by atoms with Gasteiger partial charge < -0.3 is 4.90 Å². The first-order chi connectivity index (χ1) is 13.1. The van der Waals surface area contributed by atoms with Gasteiger partial charge in [-0.25, -0.2) is 0 Å². The van der Waals surface area contributed by atoms with Crippen LogP contribution in [0.25, 0.3) is 5.57 Å². The summed E-state index contributed by atoms with van der Waals surface area (Å²) in [6, 6.07) is 8.41. The Labute approximate surface area is 174 Å². The van der Waals surface area contributed by atoms with Crippen LogP contribution >= 0.6 is 23.2 Å². The van der Waals surface area contributed by atoms with Crippen LogP contribution in [0.1, 0.15) is 38.8 Å². The lowest BCUT2D eigenvalue weighted by molar-refractivity contribution is -0.384. The SMILES string of the molecule is CCN1c2cc(Cl)c(C=Nc3ccc(Cl)c([N+](=O)[O-])c3)cc2C(C)=CC1(C)C. The molecule has 1 heterocycles. The van der Waals surface area contributed by atoms with Gasteiger partial charge in [-0.05, 0) is 57.5 Å². The lowest BCUT2D eigenvalue weighted by atomic mass is 9.88. The van der Waals surface area contributed by atoms with E-state index in [1.165, 1.54) is 17.7 Å². The number of anilines is 1. The van der Waals surface area contributed by atoms with Crippen LogP contribution in [0.2, 0.25) is 10.0 Å². The zero-order valence-electron chi connectivity index (χ0n) is 16.2. The molecule has 0 N–H and O–H groups in total. The van der Waals surface area contributed by atoms with Gasteiger partial charge in [-0.2, -0.15) is 0 Å². The van der Waals surface area contributed by atoms with Crippen LogP contribution in [0.15, 0.2) is 41.4 Å². The molecule has 1 aliphatic heterocycles. The highest BCUT2D eigenvalue weighted by Crippen LogP contribution is 2.41. The first kappa shape index (κ1) is 20.4. The number of halogens is 2. The zero-order chi connectivity index (χ0) is 20.6. The van der Waals surface area contributed by atoms with Crippen LogP contribution in [0.4, 0.5) is 17.1 Å². The van der Waals surface area contributed by atoms with Gasteiger partial charge in [0.1, 0.15) is 5.02 Å². The highest BCUT2D eigenvalue weighted by atomic mass is 35.5. The monoisotopic (exact) mass is 417 g/mol. The lowest BCUT2D eigenvalue weighted by Crippen LogP contribution is -2.44. The summed E-state index contributed by atoms with van der Waals surface area (Å²) >= 11 is 12.4. The number of fused-ring (bicyclic) bond motifs is 1. The van der Waals surface area contributed by atoms with Gasteiger partial charge in [0.15, 0.2) is 0 Å². The number of aliphatic imine (C=N–C) groups is 1. The molecule has 0 amide bonds. The molecule has 0 aromatic heterocycles. The maximum absolute atomic E-state index is 11.0. The molecule has 7 heteroatoms. The molecular weight excluding hydrogens is 397 g/mol. The molecule has 2 aromatic rings. The molecule has 5 nitrogen and oxygen atoms in total. The average Bonchev–Trinajstić information content (AvgIpc) is 2.60. The Kier molecular flexibility index (Phi) is 5.50. The van der Waals surface area contributed by atoms with Crippen molar-refractivity contribution in [2.45, 2.75) is 33.2 Å². The summed E-state index contributed by atoms with van der Waals surface area (Å²) in [5.41, 5.74) is 4.30. The van der Waals surface area contributed by atoms with Gasteiger partial charge in [-0.3, -0.25) is 15.1 Å². The minimum Gasteiger partial charge on any atom is -0.363 e. The largest absolute Gasteiger partial charge is 0.363 e. The standard InChI is InChI=1S/C21H21Cl2N3O2/c1-5-25-19-10-18(23)14(8-16(19)13(2)11-21(25,3)4)12-24-15-6-7-17(22)20(9-15)26(27)28/h6-12H,5H2,1-4H3. The molecule has 0 bridgehead atoms. The van der Waals surface area contributed by atoms with Crippen molar-refractivity contribution in [2.24, 2.45) is 4.99 Å². The third-order valence-corrected chi connectivity index (χ3v) is 5.54. The van der Waals surface area contributed by atoms with E-state index in [2.05, 4.69) is 43.7 Å². The highest BCUT2D eigenvalue weighted by molar-refractivity contribution is 6.33. The van der Waals surface area contributed by atoms with E-state index in [0.717, 1.165) is 23.4 Å². The predicted octanol–water partition coefficient (Wildman–Crippen LogP) is 6.67. The Morgan fingerprint density at radius 1 is 1.21 bits per heavy atom. The summed E-state index contributed by atoms with van der Waals surface area (Å²) in [7, 11) is 0. The third-order valence-electron chi connectivity index (χ3n) is 4.89. The molecule has 0 aliphatic carbocycles. The van der Waals surface area contributed by atoms with E-state index in [9.17, 15) is 10.1 Å². The highest BCUT2D eigenvalue weighted by Gasteiger charge is 2.30. The Balaban J connectivity index is 2.02. The minimum atomic E-state index is -0.525. The number of hydrogen-bond acceptors (Lipinski definition) is 4. The minimum absolute atomic E-state index is 0.0822. The summed E-state index contributed by atoms with van der Waals surface area (Å²) in [4.78, 5) is 17.2. The van der Waals surface area contributed by atoms with E-state index in [0.29, 0.717) is 10.7 Å². The second-order valence-corrected chi connectivity index (χ2v) is 8.08. The summed E-state index contributed by atoms with van der Waals surface area (Å²) in [5, 5.41) is 11.7. The molecule has 0 saturated heterocycles. The molecule has 146 valence electrons. The Morgan fingerprint density at radius 2 is 1.93 bits per heavy atom. The van der Waals surface area contributed by atoms with E-state index < -0.39 is 4.92 Å². The summed E-state index contributed by atoms with van der Waals surface area (Å²) in [6.07, 6.45) is 3.87. The summed E-state index contributed by atoms with van der Waals surface area (Å²) in [5.74, 6) is 0. The number of benzene rings is 2. The van der Waals surface area contributed by atoms with Crippen molar-refractivity contribution in [3.05, 3.63) is 67.7 Å². The van der Waals surface area contributed by atoms with Crippen molar-refractivity contribution < 1.29 is 4.92 Å². The van der Waals surface area contributed by atoms with Gasteiger partial charge in [-0.1, -0.05) is 29.3 Å². The number of allylic oxidation sites excluding steroid dienone is 1. The van der Waals surface area contributed by atoms with E-state index in [4.69, 9.17) is 23.2 Å². The molecule has 1 aliphatic rings. The Hall–Kier alpha value is -2.37. The van der Waals surface area contributed by atoms with Gasteiger partial charge in [0, 0.05) is 35.6 Å². The van der Waals surface area contributed by atoms with Gasteiger partial charge in [0.25, 0.3) is 5.69 Å². The van der Waals surface area contributed by atoms with E-state index in [1.54, 1.807) is 12.3 Å². The maximum Gasteiger partial charge on any atom is 0.290 e. The number of likely N-dealkylation sites (N-methyl/N-ethyl adjacent to an activating group) is 1. The molecule has 3 rings (SSSR count). The van der Waals surface area contributed by atoms with Crippen molar-refractivity contribution in [3.63, 3.8) is 0 Å². The Morgan fingerprint density at radius 3 is 2.57 bits per heavy atom. The van der Waals surface area contributed by atoms with Gasteiger partial charge in [0.2, 0.25) is 0 Å².